The van der Waals surface area contributed by atoms with Gasteiger partial charge in [-0.3, -0.25) is 0 Å². The number of hydrogen-bond donors (Lipinski definition) is 0. The number of rotatable bonds is 6. The molecule has 1 fully saturated rings. The van der Waals surface area contributed by atoms with Crippen LogP contribution in [0.1, 0.15) is 10.4 Å². The fourth-order valence-corrected chi connectivity index (χ4v) is 7.04. The van der Waals surface area contributed by atoms with Gasteiger partial charge in [-0.2, -0.15) is 0 Å². The third-order valence-electron chi connectivity index (χ3n) is 4.76. The van der Waals surface area contributed by atoms with Crippen LogP contribution >= 0.6 is 7.06 Å². The molecule has 1 aliphatic rings. The van der Waals surface area contributed by atoms with Crippen molar-refractivity contribution in [2.45, 2.75) is 0 Å². The number of carbonyl (C=O) groups excluding carboxylic acids is 1. The molecule has 0 saturated carbocycles. The molecule has 0 bridgehead atoms. The van der Waals surface area contributed by atoms with E-state index in [1.807, 2.05) is 60.7 Å². The molecule has 0 aromatic heterocycles. The van der Waals surface area contributed by atoms with Crippen molar-refractivity contribution in [2.24, 2.45) is 0 Å². The van der Waals surface area contributed by atoms with Crippen LogP contribution in [0, 0.1) is 0 Å². The summed E-state index contributed by atoms with van der Waals surface area (Å²) in [6.45, 7) is 0. The van der Waals surface area contributed by atoms with Gasteiger partial charge in [0.25, 0.3) is 0 Å². The number of hydrogen-bond acceptors (Lipinski definition) is 5. The van der Waals surface area contributed by atoms with Gasteiger partial charge in [0.05, 0.1) is 0 Å². The van der Waals surface area contributed by atoms with Gasteiger partial charge >= 0.3 is 157 Å². The van der Waals surface area contributed by atoms with Crippen molar-refractivity contribution in [3.05, 3.63) is 84.4 Å². The molecular weight excluding hydrogens is 363 g/mol. The summed E-state index contributed by atoms with van der Waals surface area (Å²) in [7, 11) is -0.959. The molecule has 0 aliphatic carbocycles. The molecule has 0 spiro atoms. The molecule has 6 heteroatoms. The van der Waals surface area contributed by atoms with Crippen molar-refractivity contribution >= 4 is 23.2 Å². The van der Waals surface area contributed by atoms with Crippen LogP contribution in [0.15, 0.2) is 78.9 Å². The van der Waals surface area contributed by atoms with E-state index in [1.165, 1.54) is 14.2 Å². The second-order valence-corrected chi connectivity index (χ2v) is 9.77. The van der Waals surface area contributed by atoms with E-state index in [0.717, 1.165) is 0 Å². The predicted molar refractivity (Wildman–Crippen MR) is 105 cm³/mol. The first-order chi connectivity index (χ1) is 13.2. The predicted octanol–water partition coefficient (Wildman–Crippen LogP) is 3.84. The summed E-state index contributed by atoms with van der Waals surface area (Å²) in [5.41, 5.74) is 0.0260. The average molecular weight is 382 g/mol. The van der Waals surface area contributed by atoms with Gasteiger partial charge in [-0.15, -0.1) is 0 Å². The molecule has 0 N–H and O–H groups in total. The first-order valence-corrected chi connectivity index (χ1v) is 10.5. The molecule has 0 atom stereocenters. The summed E-state index contributed by atoms with van der Waals surface area (Å²) in [5.74, 6) is 0.823. The molecule has 0 radical (unpaired) electrons. The van der Waals surface area contributed by atoms with Gasteiger partial charge in [-0.1, -0.05) is 0 Å². The first kappa shape index (κ1) is 17.7. The molecule has 3 aromatic carbocycles. The molecule has 0 unspecified atom stereocenters. The van der Waals surface area contributed by atoms with E-state index in [2.05, 4.69) is 0 Å². The SMILES string of the molecule is COc1cccc(OC)c1C(=O)P1(c2ccccc2)(c2ccccc2)OO1. The van der Waals surface area contributed by atoms with E-state index in [9.17, 15) is 4.79 Å². The van der Waals surface area contributed by atoms with Crippen molar-refractivity contribution in [3.63, 3.8) is 0 Å². The van der Waals surface area contributed by atoms with Crippen molar-refractivity contribution in [2.75, 3.05) is 14.2 Å². The second-order valence-electron chi connectivity index (χ2n) is 6.12. The van der Waals surface area contributed by atoms with E-state index in [4.69, 9.17) is 18.8 Å². The molecule has 0 amide bonds. The molecule has 1 aliphatic heterocycles. The Balaban J connectivity index is 2.03. The van der Waals surface area contributed by atoms with Crippen LogP contribution in [-0.2, 0) is 9.35 Å². The number of ether oxygens (including phenoxy) is 2. The van der Waals surface area contributed by atoms with Gasteiger partial charge in [0.1, 0.15) is 0 Å². The Morgan fingerprint density at radius 1 is 0.704 bits per heavy atom. The Morgan fingerprint density at radius 2 is 1.15 bits per heavy atom. The summed E-state index contributed by atoms with van der Waals surface area (Å²) >= 11 is 0. The Morgan fingerprint density at radius 3 is 1.52 bits per heavy atom. The molecule has 27 heavy (non-hydrogen) atoms. The minimum absolute atomic E-state index is 0.285. The Bertz CT molecular complexity index is 918. The van der Waals surface area contributed by atoms with Crippen LogP contribution in [-0.4, -0.2) is 19.7 Å². The quantitative estimate of drug-likeness (QED) is 0.368. The number of methoxy groups -OCH3 is 2. The molecule has 138 valence electrons. The molecular formula is C21H19O5P. The maximum atomic E-state index is 14.1. The summed E-state index contributed by atoms with van der Waals surface area (Å²) in [4.78, 5) is 14.1. The van der Waals surface area contributed by atoms with Gasteiger partial charge < -0.3 is 0 Å². The first-order valence-electron chi connectivity index (χ1n) is 8.45. The van der Waals surface area contributed by atoms with Crippen LogP contribution in [0.3, 0.4) is 0 Å². The number of carbonyl (C=O) groups is 1. The summed E-state index contributed by atoms with van der Waals surface area (Å²) in [6, 6.07) is 23.9. The van der Waals surface area contributed by atoms with Gasteiger partial charge in [0.2, 0.25) is 0 Å². The molecule has 4 rings (SSSR count). The third-order valence-corrected chi connectivity index (χ3v) is 8.79. The van der Waals surface area contributed by atoms with E-state index < -0.39 is 7.06 Å². The van der Waals surface area contributed by atoms with Gasteiger partial charge in [0, 0.05) is 0 Å². The molecule has 1 heterocycles. The van der Waals surface area contributed by atoms with Crippen molar-refractivity contribution in [3.8, 4) is 11.5 Å². The Labute approximate surface area is 157 Å². The minimum atomic E-state index is -4.00. The zero-order chi connectivity index (χ0) is 18.9. The fraction of sp³-hybridized carbons (Fsp3) is 0.0952. The third kappa shape index (κ3) is 2.40. The normalized spacial score (nSPS) is 17.9. The van der Waals surface area contributed by atoms with E-state index in [1.54, 1.807) is 18.2 Å². The standard InChI is InChI=1S/C21H19O5P/c1-23-18-14-9-15-19(24-2)20(18)21(22)27(25-26-27,16-10-5-3-6-11-16)17-12-7-4-8-13-17/h3-15H,1-2H3. The summed E-state index contributed by atoms with van der Waals surface area (Å²) in [5, 5.41) is 1.40. The summed E-state index contributed by atoms with van der Waals surface area (Å²) in [6.07, 6.45) is 0. The van der Waals surface area contributed by atoms with E-state index in [0.29, 0.717) is 27.7 Å². The zero-order valence-electron chi connectivity index (χ0n) is 15.0. The molecule has 1 saturated heterocycles. The van der Waals surface area contributed by atoms with E-state index in [-0.39, 0.29) is 5.52 Å². The molecule has 3 aromatic rings. The monoisotopic (exact) mass is 382 g/mol. The van der Waals surface area contributed by atoms with Gasteiger partial charge in [-0.25, -0.2) is 0 Å². The van der Waals surface area contributed by atoms with E-state index >= 15 is 0 Å². The van der Waals surface area contributed by atoms with Crippen LogP contribution < -0.4 is 20.1 Å². The van der Waals surface area contributed by atoms with Crippen molar-refractivity contribution in [1.82, 2.24) is 0 Å². The molecule has 5 nitrogen and oxygen atoms in total. The van der Waals surface area contributed by atoms with Crippen LogP contribution in [0.4, 0.5) is 0 Å². The zero-order valence-corrected chi connectivity index (χ0v) is 15.9. The van der Waals surface area contributed by atoms with Crippen LogP contribution in [0.2, 0.25) is 0 Å². The topological polar surface area (TPSA) is 60.6 Å². The van der Waals surface area contributed by atoms with Gasteiger partial charge in [-0.05, 0) is 0 Å². The second kappa shape index (κ2) is 6.46. The Hall–Kier alpha value is -2.72. The van der Waals surface area contributed by atoms with Crippen LogP contribution in [0.25, 0.3) is 0 Å². The Kier molecular flexibility index (Phi) is 4.23. The van der Waals surface area contributed by atoms with Gasteiger partial charge in [0.15, 0.2) is 0 Å². The number of benzene rings is 3. The van der Waals surface area contributed by atoms with Crippen molar-refractivity contribution in [1.29, 1.82) is 0 Å². The van der Waals surface area contributed by atoms with Crippen molar-refractivity contribution < 1.29 is 23.6 Å². The summed E-state index contributed by atoms with van der Waals surface area (Å²) < 4.78 is 22.4. The maximum absolute atomic E-state index is 14.1. The fourth-order valence-electron chi connectivity index (χ4n) is 3.34. The average Bonchev–Trinajstić information content (AvgIpc) is 3.53. The van der Waals surface area contributed by atoms with Crippen LogP contribution in [0.5, 0.6) is 11.5 Å².